The van der Waals surface area contributed by atoms with Crippen LogP contribution in [-0.2, 0) is 17.8 Å². The SMILES string of the molecule is CCn1ccnc1CNCC1CCCO1. The number of imidazole rings is 1. The number of rotatable bonds is 5. The summed E-state index contributed by atoms with van der Waals surface area (Å²) in [6.07, 6.45) is 6.68. The second kappa shape index (κ2) is 5.28. The van der Waals surface area contributed by atoms with Crippen molar-refractivity contribution in [2.75, 3.05) is 13.2 Å². The number of aryl methyl sites for hydroxylation is 1. The Hall–Kier alpha value is -0.870. The average Bonchev–Trinajstić information content (AvgIpc) is 2.88. The largest absolute Gasteiger partial charge is 0.377 e. The van der Waals surface area contributed by atoms with E-state index in [1.807, 2.05) is 12.4 Å². The van der Waals surface area contributed by atoms with Crippen molar-refractivity contribution in [3.05, 3.63) is 18.2 Å². The Morgan fingerprint density at radius 2 is 2.60 bits per heavy atom. The molecular formula is C11H19N3O. The standard InChI is InChI=1S/C11H19N3O/c1-2-14-6-5-13-11(14)9-12-8-10-4-3-7-15-10/h5-6,10,12H,2-4,7-9H2,1H3. The molecule has 84 valence electrons. The zero-order chi connectivity index (χ0) is 10.5. The van der Waals surface area contributed by atoms with Crippen LogP contribution >= 0.6 is 0 Å². The zero-order valence-electron chi connectivity index (χ0n) is 9.28. The topological polar surface area (TPSA) is 39.1 Å². The van der Waals surface area contributed by atoms with E-state index in [-0.39, 0.29) is 0 Å². The monoisotopic (exact) mass is 209 g/mol. The molecule has 0 aromatic carbocycles. The summed E-state index contributed by atoms with van der Waals surface area (Å²) >= 11 is 0. The Morgan fingerprint density at radius 1 is 1.67 bits per heavy atom. The van der Waals surface area contributed by atoms with Gasteiger partial charge in [-0.15, -0.1) is 0 Å². The summed E-state index contributed by atoms with van der Waals surface area (Å²) in [6.45, 7) is 5.81. The van der Waals surface area contributed by atoms with Gasteiger partial charge in [0.1, 0.15) is 5.82 Å². The smallest absolute Gasteiger partial charge is 0.122 e. The molecule has 1 unspecified atom stereocenters. The van der Waals surface area contributed by atoms with Gasteiger partial charge in [0.15, 0.2) is 0 Å². The van der Waals surface area contributed by atoms with E-state index >= 15 is 0 Å². The van der Waals surface area contributed by atoms with Gasteiger partial charge in [0.05, 0.1) is 12.6 Å². The average molecular weight is 209 g/mol. The highest BCUT2D eigenvalue weighted by atomic mass is 16.5. The molecule has 1 aromatic rings. The van der Waals surface area contributed by atoms with E-state index in [4.69, 9.17) is 4.74 Å². The van der Waals surface area contributed by atoms with Crippen LogP contribution in [0, 0.1) is 0 Å². The Bertz CT molecular complexity index is 292. The van der Waals surface area contributed by atoms with Gasteiger partial charge in [-0.1, -0.05) is 0 Å². The third-order valence-electron chi connectivity index (χ3n) is 2.82. The number of nitrogens with one attached hydrogen (secondary N) is 1. The molecule has 2 heterocycles. The summed E-state index contributed by atoms with van der Waals surface area (Å²) in [5, 5.41) is 3.40. The summed E-state index contributed by atoms with van der Waals surface area (Å²) in [7, 11) is 0. The first-order valence-corrected chi connectivity index (χ1v) is 5.72. The fourth-order valence-electron chi connectivity index (χ4n) is 1.95. The van der Waals surface area contributed by atoms with Crippen molar-refractivity contribution in [3.8, 4) is 0 Å². The van der Waals surface area contributed by atoms with Crippen LogP contribution in [-0.4, -0.2) is 28.8 Å². The predicted molar refractivity (Wildman–Crippen MR) is 58.6 cm³/mol. The molecule has 0 aliphatic carbocycles. The van der Waals surface area contributed by atoms with Crippen molar-refractivity contribution in [2.45, 2.75) is 39.0 Å². The summed E-state index contributed by atoms with van der Waals surface area (Å²) in [4.78, 5) is 4.31. The van der Waals surface area contributed by atoms with Gasteiger partial charge in [0.2, 0.25) is 0 Å². The molecule has 1 fully saturated rings. The lowest BCUT2D eigenvalue weighted by Gasteiger charge is -2.11. The number of ether oxygens (including phenoxy) is 1. The minimum Gasteiger partial charge on any atom is -0.377 e. The van der Waals surface area contributed by atoms with Gasteiger partial charge in [-0.25, -0.2) is 4.98 Å². The molecule has 1 N–H and O–H groups in total. The van der Waals surface area contributed by atoms with Crippen LogP contribution < -0.4 is 5.32 Å². The van der Waals surface area contributed by atoms with Crippen LogP contribution in [0.25, 0.3) is 0 Å². The molecule has 1 saturated heterocycles. The first-order valence-electron chi connectivity index (χ1n) is 5.72. The van der Waals surface area contributed by atoms with Gasteiger partial charge in [-0.3, -0.25) is 0 Å². The van der Waals surface area contributed by atoms with Crippen LogP contribution in [0.5, 0.6) is 0 Å². The molecule has 4 heteroatoms. The van der Waals surface area contributed by atoms with E-state index in [0.29, 0.717) is 6.10 Å². The number of hydrogen-bond acceptors (Lipinski definition) is 3. The molecule has 0 radical (unpaired) electrons. The van der Waals surface area contributed by atoms with Crippen LogP contribution in [0.4, 0.5) is 0 Å². The molecule has 0 amide bonds. The third-order valence-corrected chi connectivity index (χ3v) is 2.82. The molecule has 1 atom stereocenters. The summed E-state index contributed by atoms with van der Waals surface area (Å²) in [5.41, 5.74) is 0. The van der Waals surface area contributed by atoms with E-state index in [0.717, 1.165) is 32.1 Å². The first kappa shape index (κ1) is 10.6. The molecule has 4 nitrogen and oxygen atoms in total. The van der Waals surface area contributed by atoms with Crippen LogP contribution in [0.2, 0.25) is 0 Å². The maximum Gasteiger partial charge on any atom is 0.122 e. The Kier molecular flexibility index (Phi) is 3.75. The molecule has 0 spiro atoms. The highest BCUT2D eigenvalue weighted by Crippen LogP contribution is 2.10. The van der Waals surface area contributed by atoms with E-state index < -0.39 is 0 Å². The van der Waals surface area contributed by atoms with Gasteiger partial charge in [0, 0.05) is 32.1 Å². The van der Waals surface area contributed by atoms with Crippen LogP contribution in [0.1, 0.15) is 25.6 Å². The number of nitrogens with zero attached hydrogens (tertiary/aromatic N) is 2. The zero-order valence-corrected chi connectivity index (χ0v) is 9.28. The van der Waals surface area contributed by atoms with E-state index in [9.17, 15) is 0 Å². The normalized spacial score (nSPS) is 21.0. The third kappa shape index (κ3) is 2.79. The lowest BCUT2D eigenvalue weighted by molar-refractivity contribution is 0.109. The second-order valence-corrected chi connectivity index (χ2v) is 3.90. The van der Waals surface area contributed by atoms with Gasteiger partial charge in [-0.05, 0) is 19.8 Å². The molecule has 0 bridgehead atoms. The molecule has 1 aliphatic heterocycles. The van der Waals surface area contributed by atoms with Crippen molar-refractivity contribution in [3.63, 3.8) is 0 Å². The van der Waals surface area contributed by atoms with Crippen LogP contribution in [0.3, 0.4) is 0 Å². The van der Waals surface area contributed by atoms with Crippen molar-refractivity contribution in [1.82, 2.24) is 14.9 Å². The van der Waals surface area contributed by atoms with Crippen molar-refractivity contribution >= 4 is 0 Å². The summed E-state index contributed by atoms with van der Waals surface area (Å²) in [6, 6.07) is 0. The lowest BCUT2D eigenvalue weighted by Crippen LogP contribution is -2.27. The van der Waals surface area contributed by atoms with Crippen LogP contribution in [0.15, 0.2) is 12.4 Å². The molecular weight excluding hydrogens is 190 g/mol. The molecule has 0 saturated carbocycles. The van der Waals surface area contributed by atoms with Crippen molar-refractivity contribution in [2.24, 2.45) is 0 Å². The van der Waals surface area contributed by atoms with Gasteiger partial charge in [-0.2, -0.15) is 0 Å². The van der Waals surface area contributed by atoms with Crippen molar-refractivity contribution < 1.29 is 4.74 Å². The molecule has 1 aromatic heterocycles. The minimum absolute atomic E-state index is 0.412. The summed E-state index contributed by atoms with van der Waals surface area (Å²) < 4.78 is 7.69. The predicted octanol–water partition coefficient (Wildman–Crippen LogP) is 1.17. The van der Waals surface area contributed by atoms with E-state index in [1.54, 1.807) is 0 Å². The Labute approximate surface area is 90.6 Å². The second-order valence-electron chi connectivity index (χ2n) is 3.90. The van der Waals surface area contributed by atoms with Gasteiger partial charge < -0.3 is 14.6 Å². The highest BCUT2D eigenvalue weighted by molar-refractivity contribution is 4.91. The quantitative estimate of drug-likeness (QED) is 0.791. The van der Waals surface area contributed by atoms with Gasteiger partial charge >= 0.3 is 0 Å². The lowest BCUT2D eigenvalue weighted by atomic mass is 10.2. The molecule has 2 rings (SSSR count). The van der Waals surface area contributed by atoms with E-state index in [1.165, 1.54) is 12.8 Å². The fourth-order valence-corrected chi connectivity index (χ4v) is 1.95. The number of aromatic nitrogens is 2. The Morgan fingerprint density at radius 3 is 3.33 bits per heavy atom. The minimum atomic E-state index is 0.412. The van der Waals surface area contributed by atoms with Crippen molar-refractivity contribution in [1.29, 1.82) is 0 Å². The first-order chi connectivity index (χ1) is 7.40. The highest BCUT2D eigenvalue weighted by Gasteiger charge is 2.14. The summed E-state index contributed by atoms with van der Waals surface area (Å²) in [5.74, 6) is 1.11. The maximum atomic E-state index is 5.54. The fraction of sp³-hybridized carbons (Fsp3) is 0.727. The Balaban J connectivity index is 1.73. The van der Waals surface area contributed by atoms with Gasteiger partial charge in [0.25, 0.3) is 0 Å². The van der Waals surface area contributed by atoms with E-state index in [2.05, 4.69) is 21.8 Å². The molecule has 15 heavy (non-hydrogen) atoms. The number of hydrogen-bond donors (Lipinski definition) is 1. The molecule has 1 aliphatic rings. The maximum absolute atomic E-state index is 5.54.